The van der Waals surface area contributed by atoms with Crippen molar-refractivity contribution < 1.29 is 5.11 Å². The van der Waals surface area contributed by atoms with Gasteiger partial charge in [0.05, 0.1) is 11.4 Å². The molecule has 0 spiro atoms. The van der Waals surface area contributed by atoms with Crippen LogP contribution in [-0.2, 0) is 0 Å². The van der Waals surface area contributed by atoms with E-state index in [0.29, 0.717) is 11.1 Å². The van der Waals surface area contributed by atoms with E-state index in [4.69, 9.17) is 16.7 Å². The fraction of sp³-hybridized carbons (Fsp3) is 0.636. The molecular formula is C11H16ClN3O. The molecule has 1 aromatic heterocycles. The summed E-state index contributed by atoms with van der Waals surface area (Å²) in [7, 11) is 0. The van der Waals surface area contributed by atoms with Crippen molar-refractivity contribution in [1.29, 1.82) is 0 Å². The molecule has 0 saturated carbocycles. The molecule has 2 rings (SSSR count). The number of halogens is 1. The van der Waals surface area contributed by atoms with Crippen molar-refractivity contribution in [3.63, 3.8) is 0 Å². The van der Waals surface area contributed by atoms with Crippen LogP contribution in [0.15, 0.2) is 0 Å². The zero-order valence-electron chi connectivity index (χ0n) is 9.57. The van der Waals surface area contributed by atoms with E-state index < -0.39 is 0 Å². The fourth-order valence-electron chi connectivity index (χ4n) is 1.94. The van der Waals surface area contributed by atoms with Crippen LogP contribution in [-0.4, -0.2) is 34.8 Å². The summed E-state index contributed by atoms with van der Waals surface area (Å²) in [6.45, 7) is 5.77. The van der Waals surface area contributed by atoms with Crippen molar-refractivity contribution in [2.45, 2.75) is 20.3 Å². The third-order valence-electron chi connectivity index (χ3n) is 3.09. The number of hydrogen-bond acceptors (Lipinski definition) is 4. The molecule has 1 unspecified atom stereocenters. The van der Waals surface area contributed by atoms with Crippen LogP contribution in [0.4, 0.5) is 5.82 Å². The molecule has 1 fully saturated rings. The third-order valence-corrected chi connectivity index (χ3v) is 3.34. The number of aliphatic hydroxyl groups excluding tert-OH is 1. The van der Waals surface area contributed by atoms with Gasteiger partial charge in [0.1, 0.15) is 0 Å². The molecule has 5 heteroatoms. The van der Waals surface area contributed by atoms with Crippen LogP contribution in [0.25, 0.3) is 0 Å². The van der Waals surface area contributed by atoms with Gasteiger partial charge in [-0.25, -0.2) is 9.97 Å². The van der Waals surface area contributed by atoms with E-state index in [1.54, 1.807) is 0 Å². The number of hydrogen-bond donors (Lipinski definition) is 1. The predicted octanol–water partition coefficient (Wildman–Crippen LogP) is 1.57. The molecule has 1 saturated heterocycles. The second-order valence-corrected chi connectivity index (χ2v) is 4.65. The Morgan fingerprint density at radius 1 is 1.38 bits per heavy atom. The van der Waals surface area contributed by atoms with Gasteiger partial charge >= 0.3 is 0 Å². The standard InChI is InChI=1S/C11H16ClN3O/c1-7-8(2)14-11(10(12)13-7)15-4-3-9(5-15)6-16/h9,16H,3-6H2,1-2H3. The highest BCUT2D eigenvalue weighted by molar-refractivity contribution is 6.31. The highest BCUT2D eigenvalue weighted by Gasteiger charge is 2.25. The first-order valence-corrected chi connectivity index (χ1v) is 5.86. The lowest BCUT2D eigenvalue weighted by molar-refractivity contribution is 0.238. The van der Waals surface area contributed by atoms with E-state index in [9.17, 15) is 0 Å². The molecule has 0 aromatic carbocycles. The molecule has 0 radical (unpaired) electrons. The summed E-state index contributed by atoms with van der Waals surface area (Å²) in [5.74, 6) is 1.08. The summed E-state index contributed by atoms with van der Waals surface area (Å²) < 4.78 is 0. The molecule has 1 aliphatic heterocycles. The van der Waals surface area contributed by atoms with Crippen LogP contribution in [0.2, 0.25) is 5.15 Å². The molecule has 0 aliphatic carbocycles. The number of aliphatic hydroxyl groups is 1. The highest BCUT2D eigenvalue weighted by atomic mass is 35.5. The maximum Gasteiger partial charge on any atom is 0.171 e. The lowest BCUT2D eigenvalue weighted by Crippen LogP contribution is -2.23. The maximum absolute atomic E-state index is 9.10. The lowest BCUT2D eigenvalue weighted by Gasteiger charge is -2.18. The van der Waals surface area contributed by atoms with Crippen LogP contribution in [0.3, 0.4) is 0 Å². The average molecular weight is 242 g/mol. The Balaban J connectivity index is 2.24. The van der Waals surface area contributed by atoms with Crippen molar-refractivity contribution in [3.05, 3.63) is 16.5 Å². The van der Waals surface area contributed by atoms with Crippen LogP contribution >= 0.6 is 11.6 Å². The number of nitrogens with zero attached hydrogens (tertiary/aromatic N) is 3. The molecule has 1 aromatic rings. The van der Waals surface area contributed by atoms with Crippen LogP contribution in [0, 0.1) is 19.8 Å². The first-order valence-electron chi connectivity index (χ1n) is 5.48. The monoisotopic (exact) mass is 241 g/mol. The summed E-state index contributed by atoms with van der Waals surface area (Å²) in [4.78, 5) is 10.8. The number of anilines is 1. The summed E-state index contributed by atoms with van der Waals surface area (Å²) in [6, 6.07) is 0. The topological polar surface area (TPSA) is 49.2 Å². The molecular weight excluding hydrogens is 226 g/mol. The van der Waals surface area contributed by atoms with E-state index in [1.165, 1.54) is 0 Å². The van der Waals surface area contributed by atoms with Crippen LogP contribution in [0.1, 0.15) is 17.8 Å². The van der Waals surface area contributed by atoms with Gasteiger partial charge in [0.25, 0.3) is 0 Å². The summed E-state index contributed by atoms with van der Waals surface area (Å²) >= 11 is 6.09. The molecule has 0 amide bonds. The van der Waals surface area contributed by atoms with Gasteiger partial charge in [0.15, 0.2) is 11.0 Å². The lowest BCUT2D eigenvalue weighted by atomic mass is 10.1. The second-order valence-electron chi connectivity index (χ2n) is 4.29. The number of aromatic nitrogens is 2. The Hall–Kier alpha value is -0.870. The Morgan fingerprint density at radius 2 is 2.06 bits per heavy atom. The Labute approximate surface area is 100 Å². The largest absolute Gasteiger partial charge is 0.396 e. The number of rotatable bonds is 2. The Bertz CT molecular complexity index is 397. The van der Waals surface area contributed by atoms with Crippen molar-refractivity contribution >= 4 is 17.4 Å². The van der Waals surface area contributed by atoms with E-state index in [2.05, 4.69) is 14.9 Å². The molecule has 1 aliphatic rings. The van der Waals surface area contributed by atoms with Crippen molar-refractivity contribution in [2.24, 2.45) is 5.92 Å². The molecule has 16 heavy (non-hydrogen) atoms. The average Bonchev–Trinajstić information content (AvgIpc) is 2.71. The van der Waals surface area contributed by atoms with Gasteiger partial charge in [-0.2, -0.15) is 0 Å². The highest BCUT2D eigenvalue weighted by Crippen LogP contribution is 2.27. The quantitative estimate of drug-likeness (QED) is 0.854. The van der Waals surface area contributed by atoms with Crippen molar-refractivity contribution in [2.75, 3.05) is 24.6 Å². The SMILES string of the molecule is Cc1nc(Cl)c(N2CCC(CO)C2)nc1C. The smallest absolute Gasteiger partial charge is 0.171 e. The Kier molecular flexibility index (Phi) is 3.30. The number of aryl methyl sites for hydroxylation is 2. The van der Waals surface area contributed by atoms with Gasteiger partial charge in [0.2, 0.25) is 0 Å². The first-order chi connectivity index (χ1) is 7.61. The zero-order valence-corrected chi connectivity index (χ0v) is 10.3. The first kappa shape index (κ1) is 11.6. The minimum absolute atomic E-state index is 0.229. The molecule has 4 nitrogen and oxygen atoms in total. The maximum atomic E-state index is 9.10. The fourth-order valence-corrected chi connectivity index (χ4v) is 2.23. The molecule has 88 valence electrons. The third kappa shape index (κ3) is 2.13. The second kappa shape index (κ2) is 4.55. The van der Waals surface area contributed by atoms with Gasteiger partial charge in [0, 0.05) is 25.6 Å². The van der Waals surface area contributed by atoms with Crippen LogP contribution in [0.5, 0.6) is 0 Å². The minimum Gasteiger partial charge on any atom is -0.396 e. The summed E-state index contributed by atoms with van der Waals surface area (Å²) in [5, 5.41) is 9.56. The molecule has 0 bridgehead atoms. The van der Waals surface area contributed by atoms with E-state index >= 15 is 0 Å². The molecule has 1 N–H and O–H groups in total. The normalized spacial score (nSPS) is 20.5. The Morgan fingerprint density at radius 3 is 2.69 bits per heavy atom. The van der Waals surface area contributed by atoms with Crippen LogP contribution < -0.4 is 4.90 Å². The molecule has 2 heterocycles. The van der Waals surface area contributed by atoms with E-state index in [0.717, 1.165) is 36.7 Å². The van der Waals surface area contributed by atoms with Gasteiger partial charge in [-0.15, -0.1) is 0 Å². The van der Waals surface area contributed by atoms with Gasteiger partial charge in [-0.3, -0.25) is 0 Å². The summed E-state index contributed by atoms with van der Waals surface area (Å²) in [6.07, 6.45) is 0.988. The van der Waals surface area contributed by atoms with Crippen molar-refractivity contribution in [1.82, 2.24) is 9.97 Å². The van der Waals surface area contributed by atoms with Gasteiger partial charge in [-0.05, 0) is 20.3 Å². The van der Waals surface area contributed by atoms with Crippen molar-refractivity contribution in [3.8, 4) is 0 Å². The minimum atomic E-state index is 0.229. The van der Waals surface area contributed by atoms with Gasteiger partial charge < -0.3 is 10.0 Å². The van der Waals surface area contributed by atoms with E-state index in [-0.39, 0.29) is 6.61 Å². The molecule has 1 atom stereocenters. The van der Waals surface area contributed by atoms with E-state index in [1.807, 2.05) is 13.8 Å². The predicted molar refractivity (Wildman–Crippen MR) is 63.9 cm³/mol. The summed E-state index contributed by atoms with van der Waals surface area (Å²) in [5.41, 5.74) is 1.78. The zero-order chi connectivity index (χ0) is 11.7. The van der Waals surface area contributed by atoms with Gasteiger partial charge in [-0.1, -0.05) is 11.6 Å².